The van der Waals surface area contributed by atoms with Crippen LogP contribution < -0.4 is 4.74 Å². The van der Waals surface area contributed by atoms with Crippen LogP contribution in [-0.2, 0) is 0 Å². The Labute approximate surface area is 99.6 Å². The van der Waals surface area contributed by atoms with Crippen LogP contribution in [0, 0.1) is 13.8 Å². The SMILES string of the molecule is COc1ccc(-n2nc(C)cc2C)c(Cl)c1. The average molecular weight is 237 g/mol. The Morgan fingerprint density at radius 2 is 2.00 bits per heavy atom. The highest BCUT2D eigenvalue weighted by Gasteiger charge is 2.08. The zero-order valence-corrected chi connectivity index (χ0v) is 10.2. The van der Waals surface area contributed by atoms with E-state index in [1.807, 2.05) is 36.7 Å². The first-order valence-corrected chi connectivity index (χ1v) is 5.37. The van der Waals surface area contributed by atoms with E-state index in [-0.39, 0.29) is 0 Å². The molecule has 4 heteroatoms. The summed E-state index contributed by atoms with van der Waals surface area (Å²) in [6, 6.07) is 7.58. The van der Waals surface area contributed by atoms with Crippen LogP contribution in [0.25, 0.3) is 5.69 Å². The second kappa shape index (κ2) is 4.18. The lowest BCUT2D eigenvalue weighted by Crippen LogP contribution is -2.00. The number of hydrogen-bond acceptors (Lipinski definition) is 2. The molecule has 2 aromatic rings. The molecule has 0 aliphatic carbocycles. The number of nitrogens with zero attached hydrogens (tertiary/aromatic N) is 2. The molecule has 84 valence electrons. The summed E-state index contributed by atoms with van der Waals surface area (Å²) in [4.78, 5) is 0. The van der Waals surface area contributed by atoms with Crippen LogP contribution in [0.15, 0.2) is 24.3 Å². The molecule has 0 radical (unpaired) electrons. The fourth-order valence-electron chi connectivity index (χ4n) is 1.66. The first-order valence-electron chi connectivity index (χ1n) is 4.99. The number of methoxy groups -OCH3 is 1. The maximum atomic E-state index is 6.18. The number of benzene rings is 1. The Bertz CT molecular complexity index is 520. The lowest BCUT2D eigenvalue weighted by Gasteiger charge is -2.08. The zero-order valence-electron chi connectivity index (χ0n) is 9.49. The van der Waals surface area contributed by atoms with Crippen molar-refractivity contribution in [3.8, 4) is 11.4 Å². The summed E-state index contributed by atoms with van der Waals surface area (Å²) in [5.41, 5.74) is 2.90. The summed E-state index contributed by atoms with van der Waals surface area (Å²) >= 11 is 6.18. The second-order valence-corrected chi connectivity index (χ2v) is 4.06. The van der Waals surface area contributed by atoms with Crippen molar-refractivity contribution in [2.45, 2.75) is 13.8 Å². The summed E-state index contributed by atoms with van der Waals surface area (Å²) in [5, 5.41) is 5.02. The van der Waals surface area contributed by atoms with Crippen LogP contribution in [0.2, 0.25) is 5.02 Å². The quantitative estimate of drug-likeness (QED) is 0.801. The predicted octanol–water partition coefficient (Wildman–Crippen LogP) is 3.15. The van der Waals surface area contributed by atoms with Gasteiger partial charge in [0.1, 0.15) is 5.75 Å². The summed E-state index contributed by atoms with van der Waals surface area (Å²) in [5.74, 6) is 0.746. The van der Waals surface area contributed by atoms with E-state index in [4.69, 9.17) is 16.3 Å². The third-order valence-corrected chi connectivity index (χ3v) is 2.70. The summed E-state index contributed by atoms with van der Waals surface area (Å²) in [7, 11) is 1.62. The Hall–Kier alpha value is -1.48. The van der Waals surface area contributed by atoms with Gasteiger partial charge in [-0.15, -0.1) is 0 Å². The molecule has 2 rings (SSSR count). The molecule has 0 N–H and O–H groups in total. The molecule has 0 unspecified atom stereocenters. The molecule has 0 atom stereocenters. The highest BCUT2D eigenvalue weighted by molar-refractivity contribution is 6.32. The van der Waals surface area contributed by atoms with Gasteiger partial charge in [-0.3, -0.25) is 0 Å². The molecule has 0 bridgehead atoms. The Balaban J connectivity index is 2.52. The minimum Gasteiger partial charge on any atom is -0.497 e. The van der Waals surface area contributed by atoms with Crippen LogP contribution in [0.5, 0.6) is 5.75 Å². The number of ether oxygens (including phenoxy) is 1. The van der Waals surface area contributed by atoms with Crippen molar-refractivity contribution in [3.05, 3.63) is 40.7 Å². The van der Waals surface area contributed by atoms with Crippen molar-refractivity contribution in [3.63, 3.8) is 0 Å². The highest BCUT2D eigenvalue weighted by atomic mass is 35.5. The van der Waals surface area contributed by atoms with E-state index in [2.05, 4.69) is 5.10 Å². The van der Waals surface area contributed by atoms with Crippen LogP contribution in [-0.4, -0.2) is 16.9 Å². The molecule has 0 amide bonds. The zero-order chi connectivity index (χ0) is 11.7. The minimum absolute atomic E-state index is 0.630. The van der Waals surface area contributed by atoms with E-state index < -0.39 is 0 Å². The van der Waals surface area contributed by atoms with Crippen molar-refractivity contribution >= 4 is 11.6 Å². The largest absolute Gasteiger partial charge is 0.497 e. The molecular weight excluding hydrogens is 224 g/mol. The molecule has 16 heavy (non-hydrogen) atoms. The third kappa shape index (κ3) is 1.91. The molecule has 3 nitrogen and oxygen atoms in total. The number of aryl methyl sites for hydroxylation is 2. The molecule has 0 aliphatic heterocycles. The number of hydrogen-bond donors (Lipinski definition) is 0. The molecule has 1 aromatic heterocycles. The minimum atomic E-state index is 0.630. The maximum Gasteiger partial charge on any atom is 0.120 e. The van der Waals surface area contributed by atoms with Crippen LogP contribution >= 0.6 is 11.6 Å². The van der Waals surface area contributed by atoms with E-state index >= 15 is 0 Å². The molecular formula is C12H13ClN2O. The first-order chi connectivity index (χ1) is 7.61. The van der Waals surface area contributed by atoms with Crippen molar-refractivity contribution in [2.75, 3.05) is 7.11 Å². The highest BCUT2D eigenvalue weighted by Crippen LogP contribution is 2.26. The van der Waals surface area contributed by atoms with E-state index in [1.54, 1.807) is 13.2 Å². The molecule has 0 aliphatic rings. The Morgan fingerprint density at radius 3 is 2.50 bits per heavy atom. The van der Waals surface area contributed by atoms with Gasteiger partial charge in [-0.25, -0.2) is 4.68 Å². The van der Waals surface area contributed by atoms with Gasteiger partial charge in [-0.2, -0.15) is 5.10 Å². The first kappa shape index (κ1) is 11.0. The number of aromatic nitrogens is 2. The van der Waals surface area contributed by atoms with Gasteiger partial charge in [0, 0.05) is 11.8 Å². The second-order valence-electron chi connectivity index (χ2n) is 3.66. The Morgan fingerprint density at radius 1 is 1.25 bits per heavy atom. The molecule has 1 aromatic carbocycles. The third-order valence-electron chi connectivity index (χ3n) is 2.39. The van der Waals surface area contributed by atoms with Crippen molar-refractivity contribution in [2.24, 2.45) is 0 Å². The summed E-state index contributed by atoms with van der Waals surface area (Å²) in [6.07, 6.45) is 0. The number of halogens is 1. The van der Waals surface area contributed by atoms with Crippen LogP contribution in [0.3, 0.4) is 0 Å². The van der Waals surface area contributed by atoms with Crippen molar-refractivity contribution in [1.82, 2.24) is 9.78 Å². The Kier molecular flexibility index (Phi) is 2.88. The molecule has 0 fully saturated rings. The van der Waals surface area contributed by atoms with Gasteiger partial charge in [0.05, 0.1) is 23.5 Å². The predicted molar refractivity (Wildman–Crippen MR) is 64.6 cm³/mol. The van der Waals surface area contributed by atoms with E-state index in [0.29, 0.717) is 5.02 Å². The van der Waals surface area contributed by atoms with Crippen molar-refractivity contribution < 1.29 is 4.74 Å². The summed E-state index contributed by atoms with van der Waals surface area (Å²) in [6.45, 7) is 3.96. The van der Waals surface area contributed by atoms with Gasteiger partial charge in [0.2, 0.25) is 0 Å². The average Bonchev–Trinajstić information content (AvgIpc) is 2.57. The lowest BCUT2D eigenvalue weighted by atomic mass is 10.3. The molecule has 0 saturated heterocycles. The van der Waals surface area contributed by atoms with Gasteiger partial charge in [0.25, 0.3) is 0 Å². The normalized spacial score (nSPS) is 10.5. The lowest BCUT2D eigenvalue weighted by molar-refractivity contribution is 0.414. The number of rotatable bonds is 2. The van der Waals surface area contributed by atoms with E-state index in [0.717, 1.165) is 22.8 Å². The molecule has 0 spiro atoms. The monoisotopic (exact) mass is 236 g/mol. The molecule has 0 saturated carbocycles. The van der Waals surface area contributed by atoms with Gasteiger partial charge >= 0.3 is 0 Å². The van der Waals surface area contributed by atoms with Gasteiger partial charge in [-0.1, -0.05) is 11.6 Å². The molecule has 1 heterocycles. The van der Waals surface area contributed by atoms with Gasteiger partial charge in [-0.05, 0) is 32.0 Å². The summed E-state index contributed by atoms with van der Waals surface area (Å²) < 4.78 is 6.94. The van der Waals surface area contributed by atoms with E-state index in [9.17, 15) is 0 Å². The van der Waals surface area contributed by atoms with Crippen molar-refractivity contribution in [1.29, 1.82) is 0 Å². The van der Waals surface area contributed by atoms with Crippen LogP contribution in [0.1, 0.15) is 11.4 Å². The van der Waals surface area contributed by atoms with E-state index in [1.165, 1.54) is 0 Å². The van der Waals surface area contributed by atoms with Gasteiger partial charge in [0.15, 0.2) is 0 Å². The smallest absolute Gasteiger partial charge is 0.120 e. The fourth-order valence-corrected chi connectivity index (χ4v) is 1.91. The standard InChI is InChI=1S/C12H13ClN2O/c1-8-6-9(2)15(14-8)12-5-4-10(16-3)7-11(12)13/h4-7H,1-3H3. The topological polar surface area (TPSA) is 27.1 Å². The van der Waals surface area contributed by atoms with Gasteiger partial charge < -0.3 is 4.74 Å². The van der Waals surface area contributed by atoms with Crippen LogP contribution in [0.4, 0.5) is 0 Å². The maximum absolute atomic E-state index is 6.18. The fraction of sp³-hybridized carbons (Fsp3) is 0.250.